The lowest BCUT2D eigenvalue weighted by Crippen LogP contribution is -2.36. The Hall–Kier alpha value is -1.71. The number of ether oxygens (including phenoxy) is 1. The van der Waals surface area contributed by atoms with Gasteiger partial charge in [-0.3, -0.25) is 4.90 Å². The first-order valence-corrected chi connectivity index (χ1v) is 14.7. The van der Waals surface area contributed by atoms with E-state index in [2.05, 4.69) is 87.5 Å². The quantitative estimate of drug-likeness (QED) is 0.176. The van der Waals surface area contributed by atoms with Crippen LogP contribution in [0.3, 0.4) is 0 Å². The lowest BCUT2D eigenvalue weighted by atomic mass is 9.92. The molecule has 0 saturated carbocycles. The van der Waals surface area contributed by atoms with Gasteiger partial charge in [0.05, 0.1) is 12.6 Å². The molecule has 1 heterocycles. The third kappa shape index (κ3) is 10.3. The Morgan fingerprint density at radius 2 is 1.81 bits per heavy atom. The highest BCUT2D eigenvalue weighted by Crippen LogP contribution is 2.35. The number of halogens is 1. The predicted molar refractivity (Wildman–Crippen MR) is 158 cm³/mol. The lowest BCUT2D eigenvalue weighted by Gasteiger charge is -2.37. The van der Waals surface area contributed by atoms with E-state index >= 15 is 0 Å². The second kappa shape index (κ2) is 16.9. The van der Waals surface area contributed by atoms with Crippen molar-refractivity contribution >= 4 is 11.6 Å². The van der Waals surface area contributed by atoms with Crippen molar-refractivity contribution in [3.63, 3.8) is 0 Å². The van der Waals surface area contributed by atoms with Gasteiger partial charge in [-0.15, -0.1) is 11.6 Å². The highest BCUT2D eigenvalue weighted by molar-refractivity contribution is 6.21. The predicted octanol–water partition coefficient (Wildman–Crippen LogP) is 9.17. The molecule has 0 bridgehead atoms. The van der Waals surface area contributed by atoms with Gasteiger partial charge in [-0.2, -0.15) is 0 Å². The number of allylic oxidation sites excluding steroid dienone is 4. The van der Waals surface area contributed by atoms with E-state index in [1.807, 2.05) is 6.92 Å². The van der Waals surface area contributed by atoms with Gasteiger partial charge in [0.1, 0.15) is 5.75 Å². The smallest absolute Gasteiger partial charge is 0.119 e. The Kier molecular flexibility index (Phi) is 14.3. The number of unbranched alkanes of at least 4 members (excludes halogenated alkanes) is 3. The average molecular weight is 515 g/mol. The molecule has 0 spiro atoms. The van der Waals surface area contributed by atoms with E-state index in [0.717, 1.165) is 31.7 Å². The first kappa shape index (κ1) is 30.5. The molecule has 0 saturated heterocycles. The van der Waals surface area contributed by atoms with Gasteiger partial charge in [0.2, 0.25) is 0 Å². The summed E-state index contributed by atoms with van der Waals surface area (Å²) < 4.78 is 6.30. The van der Waals surface area contributed by atoms with Crippen LogP contribution in [0.1, 0.15) is 104 Å². The number of nitrogens with zero attached hydrogens (tertiary/aromatic N) is 1. The zero-order valence-corrected chi connectivity index (χ0v) is 24.5. The molecule has 0 aliphatic carbocycles. The Balaban J connectivity index is 2.21. The van der Waals surface area contributed by atoms with Gasteiger partial charge in [0, 0.05) is 23.3 Å². The maximum atomic E-state index is 6.30. The van der Waals surface area contributed by atoms with Crippen molar-refractivity contribution in [2.45, 2.75) is 104 Å². The van der Waals surface area contributed by atoms with Crippen molar-refractivity contribution in [3.05, 3.63) is 65.0 Å². The SMILES string of the molecule is CC/C=C(\C)NC1=C(/C=C/C(C)Cl)CCN(C)C1c1ccc(OCC(CCCC)CCCCC)cc1. The summed E-state index contributed by atoms with van der Waals surface area (Å²) in [4.78, 5) is 2.44. The van der Waals surface area contributed by atoms with Crippen LogP contribution in [-0.4, -0.2) is 30.5 Å². The second-order valence-electron chi connectivity index (χ2n) is 10.4. The summed E-state index contributed by atoms with van der Waals surface area (Å²) in [6.45, 7) is 12.7. The van der Waals surface area contributed by atoms with Crippen LogP contribution in [0.4, 0.5) is 0 Å². The summed E-state index contributed by atoms with van der Waals surface area (Å²) in [5.74, 6) is 1.64. The van der Waals surface area contributed by atoms with Crippen LogP contribution in [-0.2, 0) is 0 Å². The molecule has 1 aromatic rings. The minimum Gasteiger partial charge on any atom is -0.493 e. The van der Waals surface area contributed by atoms with E-state index in [-0.39, 0.29) is 11.4 Å². The monoisotopic (exact) mass is 514 g/mol. The molecular formula is C32H51ClN2O. The number of likely N-dealkylation sites (N-methyl/N-ethyl adjacent to an activating group) is 1. The zero-order valence-electron chi connectivity index (χ0n) is 23.8. The highest BCUT2D eigenvalue weighted by Gasteiger charge is 2.28. The fraction of sp³-hybridized carbons (Fsp3) is 0.625. The van der Waals surface area contributed by atoms with Crippen molar-refractivity contribution in [3.8, 4) is 5.75 Å². The molecule has 4 heteroatoms. The van der Waals surface area contributed by atoms with E-state index in [9.17, 15) is 0 Å². The molecule has 0 amide bonds. The lowest BCUT2D eigenvalue weighted by molar-refractivity contribution is 0.225. The summed E-state index contributed by atoms with van der Waals surface area (Å²) in [6.07, 6.45) is 17.6. The summed E-state index contributed by atoms with van der Waals surface area (Å²) in [5.41, 5.74) is 5.06. The van der Waals surface area contributed by atoms with Crippen LogP contribution >= 0.6 is 11.6 Å². The number of alkyl halides is 1. The third-order valence-corrected chi connectivity index (χ3v) is 7.21. The number of hydrogen-bond donors (Lipinski definition) is 1. The molecular weight excluding hydrogens is 464 g/mol. The summed E-state index contributed by atoms with van der Waals surface area (Å²) in [6, 6.07) is 8.97. The number of rotatable bonds is 16. The minimum atomic E-state index is 0.0173. The van der Waals surface area contributed by atoms with Crippen LogP contribution < -0.4 is 10.1 Å². The minimum absolute atomic E-state index is 0.0173. The molecule has 36 heavy (non-hydrogen) atoms. The van der Waals surface area contributed by atoms with Crippen LogP contribution in [0, 0.1) is 5.92 Å². The second-order valence-corrected chi connectivity index (χ2v) is 11.1. The van der Waals surface area contributed by atoms with E-state index in [0.29, 0.717) is 5.92 Å². The van der Waals surface area contributed by atoms with Crippen molar-refractivity contribution in [1.29, 1.82) is 0 Å². The fourth-order valence-corrected chi connectivity index (χ4v) is 5.04. The van der Waals surface area contributed by atoms with Gasteiger partial charge in [-0.05, 0) is 75.8 Å². The molecule has 1 aromatic carbocycles. The number of benzene rings is 1. The van der Waals surface area contributed by atoms with Crippen LogP contribution in [0.15, 0.2) is 59.5 Å². The molecule has 3 atom stereocenters. The maximum Gasteiger partial charge on any atom is 0.119 e. The van der Waals surface area contributed by atoms with Crippen molar-refractivity contribution in [2.24, 2.45) is 5.92 Å². The molecule has 0 aromatic heterocycles. The summed E-state index contributed by atoms with van der Waals surface area (Å²) in [7, 11) is 2.22. The Bertz CT molecular complexity index is 840. The fourth-order valence-electron chi connectivity index (χ4n) is 4.97. The average Bonchev–Trinajstić information content (AvgIpc) is 2.85. The molecule has 0 radical (unpaired) electrons. The Labute approximate surface area is 227 Å². The van der Waals surface area contributed by atoms with E-state index in [1.165, 1.54) is 67.5 Å². The Morgan fingerprint density at radius 1 is 1.11 bits per heavy atom. The van der Waals surface area contributed by atoms with Crippen molar-refractivity contribution in [1.82, 2.24) is 10.2 Å². The van der Waals surface area contributed by atoms with Crippen molar-refractivity contribution < 1.29 is 4.74 Å². The number of hydrogen-bond acceptors (Lipinski definition) is 3. The van der Waals surface area contributed by atoms with Gasteiger partial charge in [-0.25, -0.2) is 0 Å². The summed E-state index contributed by atoms with van der Waals surface area (Å²) >= 11 is 6.25. The first-order chi connectivity index (χ1) is 17.4. The van der Waals surface area contributed by atoms with Gasteiger partial charge >= 0.3 is 0 Å². The van der Waals surface area contributed by atoms with Crippen LogP contribution in [0.5, 0.6) is 5.75 Å². The summed E-state index contributed by atoms with van der Waals surface area (Å²) in [5, 5.41) is 3.76. The molecule has 202 valence electrons. The molecule has 0 fully saturated rings. The molecule has 1 N–H and O–H groups in total. The van der Waals surface area contributed by atoms with Gasteiger partial charge in [0.15, 0.2) is 0 Å². The van der Waals surface area contributed by atoms with Crippen LogP contribution in [0.2, 0.25) is 0 Å². The first-order valence-electron chi connectivity index (χ1n) is 14.3. The largest absolute Gasteiger partial charge is 0.493 e. The number of nitrogens with one attached hydrogen (secondary N) is 1. The normalized spacial score (nSPS) is 19.1. The standard InChI is InChI=1S/C32H51ClN2O/c1-7-10-12-15-27(14-11-8-2)24-36-30-20-18-29(19-21-30)32-31(34-26(5)13-9-3)28(17-16-25(4)33)22-23-35(32)6/h13,16-21,25,27,32,34H,7-12,14-15,22-24H2,1-6H3/b17-16+,26-13+. The molecule has 3 unspecified atom stereocenters. The van der Waals surface area contributed by atoms with E-state index in [1.54, 1.807) is 0 Å². The topological polar surface area (TPSA) is 24.5 Å². The Morgan fingerprint density at radius 3 is 2.44 bits per heavy atom. The van der Waals surface area contributed by atoms with E-state index in [4.69, 9.17) is 16.3 Å². The molecule has 2 rings (SSSR count). The van der Waals surface area contributed by atoms with Crippen molar-refractivity contribution in [2.75, 3.05) is 20.2 Å². The van der Waals surface area contributed by atoms with Crippen LogP contribution in [0.25, 0.3) is 0 Å². The van der Waals surface area contributed by atoms with Gasteiger partial charge in [0.25, 0.3) is 0 Å². The van der Waals surface area contributed by atoms with Gasteiger partial charge < -0.3 is 10.1 Å². The maximum absolute atomic E-state index is 6.30. The third-order valence-electron chi connectivity index (χ3n) is 7.06. The molecule has 1 aliphatic rings. The highest BCUT2D eigenvalue weighted by atomic mass is 35.5. The zero-order chi connectivity index (χ0) is 26.3. The molecule has 3 nitrogen and oxygen atoms in total. The molecule has 1 aliphatic heterocycles. The van der Waals surface area contributed by atoms with E-state index < -0.39 is 0 Å². The van der Waals surface area contributed by atoms with Gasteiger partial charge in [-0.1, -0.05) is 83.2 Å².